The molecule has 1 aliphatic heterocycles. The molecule has 8 heteroatoms. The summed E-state index contributed by atoms with van der Waals surface area (Å²) >= 11 is 3.39. The van der Waals surface area contributed by atoms with Gasteiger partial charge in [0.25, 0.3) is 0 Å². The zero-order chi connectivity index (χ0) is 17.8. The molecule has 3 rings (SSSR count). The topological polar surface area (TPSA) is 96.0 Å². The summed E-state index contributed by atoms with van der Waals surface area (Å²) < 4.78 is 0.978. The van der Waals surface area contributed by atoms with Gasteiger partial charge in [-0.05, 0) is 30.7 Å². The van der Waals surface area contributed by atoms with Gasteiger partial charge in [0.1, 0.15) is 6.17 Å². The minimum atomic E-state index is -0.638. The molecule has 1 aromatic carbocycles. The highest BCUT2D eigenvalue weighted by atomic mass is 79.9. The monoisotopic (exact) mass is 403 g/mol. The lowest BCUT2D eigenvalue weighted by Crippen LogP contribution is -2.56. The number of nitrogens with zero attached hydrogens (tertiary/aromatic N) is 2. The van der Waals surface area contributed by atoms with Crippen molar-refractivity contribution in [3.8, 4) is 0 Å². The highest BCUT2D eigenvalue weighted by Crippen LogP contribution is 2.18. The molecule has 1 fully saturated rings. The van der Waals surface area contributed by atoms with E-state index in [0.29, 0.717) is 5.82 Å². The molecule has 3 unspecified atom stereocenters. The quantitative estimate of drug-likeness (QED) is 0.720. The molecule has 1 saturated heterocycles. The summed E-state index contributed by atoms with van der Waals surface area (Å²) in [5.41, 5.74) is 0.986. The summed E-state index contributed by atoms with van der Waals surface area (Å²) in [6, 6.07) is 8.62. The lowest BCUT2D eigenvalue weighted by molar-refractivity contribution is -0.132. The second-order valence-corrected chi connectivity index (χ2v) is 6.73. The van der Waals surface area contributed by atoms with Crippen LogP contribution in [0.4, 0.5) is 0 Å². The second kappa shape index (κ2) is 7.71. The van der Waals surface area contributed by atoms with Crippen molar-refractivity contribution in [2.24, 2.45) is 0 Å². The third kappa shape index (κ3) is 4.40. The number of nitrogens with one attached hydrogen (secondary N) is 3. The van der Waals surface area contributed by atoms with Crippen LogP contribution in [0.2, 0.25) is 0 Å². The van der Waals surface area contributed by atoms with Crippen LogP contribution in [0.25, 0.3) is 0 Å². The first-order valence-corrected chi connectivity index (χ1v) is 8.70. The zero-order valence-corrected chi connectivity index (χ0v) is 15.2. The molecule has 2 amide bonds. The van der Waals surface area contributed by atoms with Crippen LogP contribution >= 0.6 is 15.9 Å². The van der Waals surface area contributed by atoms with E-state index in [1.165, 1.54) is 0 Å². The average Bonchev–Trinajstić information content (AvgIpc) is 2.62. The van der Waals surface area contributed by atoms with Crippen LogP contribution in [0.1, 0.15) is 36.9 Å². The van der Waals surface area contributed by atoms with Crippen molar-refractivity contribution in [3.05, 3.63) is 58.6 Å². The van der Waals surface area contributed by atoms with Crippen LogP contribution in [0.5, 0.6) is 0 Å². The Morgan fingerprint density at radius 2 is 1.96 bits per heavy atom. The molecule has 3 N–H and O–H groups in total. The largest absolute Gasteiger partial charge is 0.348 e. The molecule has 0 spiro atoms. The fraction of sp³-hybridized carbons (Fsp3) is 0.294. The number of rotatable bonds is 4. The summed E-state index contributed by atoms with van der Waals surface area (Å²) in [4.78, 5) is 32.8. The number of benzene rings is 1. The van der Waals surface area contributed by atoms with Crippen molar-refractivity contribution in [2.75, 3.05) is 0 Å². The highest BCUT2D eigenvalue weighted by molar-refractivity contribution is 9.10. The molecule has 7 nitrogen and oxygen atoms in total. The number of aromatic nitrogens is 2. The third-order valence-corrected chi connectivity index (χ3v) is 4.48. The smallest absolute Gasteiger partial charge is 0.238 e. The van der Waals surface area contributed by atoms with Crippen molar-refractivity contribution >= 4 is 27.7 Å². The number of carbonyl (C=O) groups is 2. The number of amides is 2. The minimum Gasteiger partial charge on any atom is -0.348 e. The lowest BCUT2D eigenvalue weighted by Gasteiger charge is -2.30. The van der Waals surface area contributed by atoms with Crippen LogP contribution < -0.4 is 16.0 Å². The molecule has 1 aromatic heterocycles. The molecule has 3 atom stereocenters. The summed E-state index contributed by atoms with van der Waals surface area (Å²) in [6.07, 6.45) is 2.67. The molecule has 2 heterocycles. The van der Waals surface area contributed by atoms with E-state index in [-0.39, 0.29) is 24.3 Å². The van der Waals surface area contributed by atoms with Crippen molar-refractivity contribution in [3.63, 3.8) is 0 Å². The first-order chi connectivity index (χ1) is 12.0. The molecular weight excluding hydrogens is 386 g/mol. The summed E-state index contributed by atoms with van der Waals surface area (Å²) in [7, 11) is 0. The van der Waals surface area contributed by atoms with Crippen LogP contribution in [0.15, 0.2) is 47.2 Å². The fourth-order valence-electron chi connectivity index (χ4n) is 2.62. The Labute approximate surface area is 153 Å². The number of hydrogen-bond donors (Lipinski definition) is 3. The summed E-state index contributed by atoms with van der Waals surface area (Å²) in [5.74, 6) is -0.0202. The van der Waals surface area contributed by atoms with E-state index in [2.05, 4.69) is 41.8 Å². The van der Waals surface area contributed by atoms with Gasteiger partial charge in [-0.3, -0.25) is 14.9 Å². The Morgan fingerprint density at radius 1 is 1.28 bits per heavy atom. The van der Waals surface area contributed by atoms with Crippen LogP contribution in [-0.2, 0) is 9.59 Å². The van der Waals surface area contributed by atoms with E-state index in [1.54, 1.807) is 18.5 Å². The minimum absolute atomic E-state index is 0.0717. The molecule has 2 aromatic rings. The average molecular weight is 404 g/mol. The van der Waals surface area contributed by atoms with Crippen LogP contribution in [0, 0.1) is 0 Å². The maximum atomic E-state index is 12.6. The maximum Gasteiger partial charge on any atom is 0.238 e. The van der Waals surface area contributed by atoms with Gasteiger partial charge in [-0.25, -0.2) is 9.97 Å². The van der Waals surface area contributed by atoms with E-state index >= 15 is 0 Å². The van der Waals surface area contributed by atoms with Crippen molar-refractivity contribution in [2.45, 2.75) is 31.6 Å². The first kappa shape index (κ1) is 17.5. The van der Waals surface area contributed by atoms with Gasteiger partial charge in [-0.15, -0.1) is 0 Å². The SMILES string of the molecule is CC(NC(=O)C1CC(=O)NC(c2ncccn2)N1)c1ccc(Br)cc1. The molecule has 130 valence electrons. The van der Waals surface area contributed by atoms with Crippen molar-refractivity contribution in [1.82, 2.24) is 25.9 Å². The first-order valence-electron chi connectivity index (χ1n) is 7.91. The van der Waals surface area contributed by atoms with E-state index in [4.69, 9.17) is 0 Å². The highest BCUT2D eigenvalue weighted by Gasteiger charge is 2.33. The summed E-state index contributed by atoms with van der Waals surface area (Å²) in [6.45, 7) is 1.90. The molecule has 25 heavy (non-hydrogen) atoms. The number of halogens is 1. The zero-order valence-electron chi connectivity index (χ0n) is 13.6. The summed E-state index contributed by atoms with van der Waals surface area (Å²) in [5, 5.41) is 8.78. The van der Waals surface area contributed by atoms with Gasteiger partial charge in [0.05, 0.1) is 18.5 Å². The Hall–Kier alpha value is -2.32. The standard InChI is InChI=1S/C17H18BrN5O2/c1-10(11-3-5-12(18)6-4-11)21-17(25)13-9-14(24)23-16(22-13)15-19-7-2-8-20-15/h2-8,10,13,16,22H,9H2,1H3,(H,21,25)(H,23,24). The number of carbonyl (C=O) groups excluding carboxylic acids is 2. The van der Waals surface area contributed by atoms with Gasteiger partial charge in [0, 0.05) is 16.9 Å². The maximum absolute atomic E-state index is 12.6. The molecule has 0 bridgehead atoms. The van der Waals surface area contributed by atoms with E-state index in [0.717, 1.165) is 10.0 Å². The molecule has 0 saturated carbocycles. The van der Waals surface area contributed by atoms with Gasteiger partial charge in [-0.2, -0.15) is 0 Å². The fourth-order valence-corrected chi connectivity index (χ4v) is 2.89. The van der Waals surface area contributed by atoms with Gasteiger partial charge < -0.3 is 10.6 Å². The Morgan fingerprint density at radius 3 is 2.64 bits per heavy atom. The molecule has 1 aliphatic rings. The normalized spacial score (nSPS) is 21.3. The predicted molar refractivity (Wildman–Crippen MR) is 95.2 cm³/mol. The molecular formula is C17H18BrN5O2. The lowest BCUT2D eigenvalue weighted by atomic mass is 10.1. The Kier molecular flexibility index (Phi) is 5.40. The van der Waals surface area contributed by atoms with E-state index in [1.807, 2.05) is 31.2 Å². The molecule has 0 radical (unpaired) electrons. The second-order valence-electron chi connectivity index (χ2n) is 5.81. The number of hydrogen-bond acceptors (Lipinski definition) is 5. The van der Waals surface area contributed by atoms with Crippen LogP contribution in [0.3, 0.4) is 0 Å². The van der Waals surface area contributed by atoms with Gasteiger partial charge in [0.2, 0.25) is 11.8 Å². The Balaban J connectivity index is 1.66. The van der Waals surface area contributed by atoms with E-state index < -0.39 is 12.2 Å². The van der Waals surface area contributed by atoms with Crippen LogP contribution in [-0.4, -0.2) is 27.8 Å². The van der Waals surface area contributed by atoms with Crippen molar-refractivity contribution in [1.29, 1.82) is 0 Å². The predicted octanol–water partition coefficient (Wildman–Crippen LogP) is 1.59. The van der Waals surface area contributed by atoms with E-state index in [9.17, 15) is 9.59 Å². The van der Waals surface area contributed by atoms with Gasteiger partial charge in [-0.1, -0.05) is 28.1 Å². The van der Waals surface area contributed by atoms with Gasteiger partial charge >= 0.3 is 0 Å². The third-order valence-electron chi connectivity index (χ3n) is 3.95. The molecule has 0 aliphatic carbocycles. The van der Waals surface area contributed by atoms with Crippen molar-refractivity contribution < 1.29 is 9.59 Å². The van der Waals surface area contributed by atoms with Gasteiger partial charge in [0.15, 0.2) is 5.82 Å². The Bertz CT molecular complexity index is 753.